The maximum absolute atomic E-state index is 5.83. The fraction of sp³-hybridized carbons (Fsp3) is 1.00. The zero-order chi connectivity index (χ0) is 7.84. The van der Waals surface area contributed by atoms with Crippen LogP contribution in [0.15, 0.2) is 0 Å². The second kappa shape index (κ2) is 2.76. The molecular weight excluding hydrogens is 136 g/mol. The first-order valence-corrected chi connectivity index (χ1v) is 4.75. The Balaban J connectivity index is 1.79. The summed E-state index contributed by atoms with van der Waals surface area (Å²) < 4.78 is 0. The molecule has 2 N–H and O–H groups in total. The molecule has 1 unspecified atom stereocenters. The smallest absolute Gasteiger partial charge is 0.0180 e. The molecule has 1 heterocycles. The zero-order valence-electron chi connectivity index (χ0n) is 7.29. The molecular formula is C9H18N2. The van der Waals surface area contributed by atoms with E-state index in [2.05, 4.69) is 11.8 Å². The molecule has 0 radical (unpaired) electrons. The van der Waals surface area contributed by atoms with E-state index < -0.39 is 0 Å². The highest BCUT2D eigenvalue weighted by atomic mass is 15.2. The van der Waals surface area contributed by atoms with Gasteiger partial charge in [0.1, 0.15) is 0 Å². The van der Waals surface area contributed by atoms with Crippen molar-refractivity contribution in [3.8, 4) is 0 Å². The lowest BCUT2D eigenvalue weighted by Gasteiger charge is -2.39. The molecule has 2 rings (SSSR count). The number of rotatable bonds is 1. The summed E-state index contributed by atoms with van der Waals surface area (Å²) in [5.41, 5.74) is 5.83. The summed E-state index contributed by atoms with van der Waals surface area (Å²) in [7, 11) is 0. The van der Waals surface area contributed by atoms with E-state index in [1.54, 1.807) is 0 Å². The Morgan fingerprint density at radius 1 is 1.36 bits per heavy atom. The van der Waals surface area contributed by atoms with Crippen molar-refractivity contribution < 1.29 is 0 Å². The molecule has 1 saturated heterocycles. The Labute approximate surface area is 68.7 Å². The molecule has 2 aliphatic rings. The summed E-state index contributed by atoms with van der Waals surface area (Å²) >= 11 is 0. The van der Waals surface area contributed by atoms with Crippen molar-refractivity contribution in [3.63, 3.8) is 0 Å². The highest BCUT2D eigenvalue weighted by molar-refractivity contribution is 4.90. The number of nitrogens with two attached hydrogens (primary N) is 1. The summed E-state index contributed by atoms with van der Waals surface area (Å²) in [4.78, 5) is 2.57. The lowest BCUT2D eigenvalue weighted by atomic mass is 9.81. The topological polar surface area (TPSA) is 29.3 Å². The lowest BCUT2D eigenvalue weighted by Crippen LogP contribution is -2.43. The Kier molecular flexibility index (Phi) is 1.90. The van der Waals surface area contributed by atoms with Gasteiger partial charge in [0.15, 0.2) is 0 Å². The third kappa shape index (κ3) is 1.42. The second-order valence-corrected chi connectivity index (χ2v) is 4.27. The molecule has 0 aromatic heterocycles. The average molecular weight is 154 g/mol. The molecule has 0 spiro atoms. The Hall–Kier alpha value is -0.0800. The Morgan fingerprint density at radius 2 is 2.09 bits per heavy atom. The second-order valence-electron chi connectivity index (χ2n) is 4.27. The van der Waals surface area contributed by atoms with Crippen LogP contribution in [0, 0.1) is 5.92 Å². The van der Waals surface area contributed by atoms with E-state index in [4.69, 9.17) is 5.73 Å². The maximum Gasteiger partial charge on any atom is 0.0180 e. The summed E-state index contributed by atoms with van der Waals surface area (Å²) in [6.45, 7) is 4.74. The van der Waals surface area contributed by atoms with Gasteiger partial charge in [-0.1, -0.05) is 6.92 Å². The highest BCUT2D eigenvalue weighted by Crippen LogP contribution is 2.32. The molecule has 2 nitrogen and oxygen atoms in total. The molecule has 64 valence electrons. The van der Waals surface area contributed by atoms with Crippen LogP contribution in [-0.4, -0.2) is 30.1 Å². The first kappa shape index (κ1) is 7.56. The first-order valence-electron chi connectivity index (χ1n) is 4.75. The van der Waals surface area contributed by atoms with Crippen LogP contribution in [0.2, 0.25) is 0 Å². The minimum Gasteiger partial charge on any atom is -0.326 e. The minimum absolute atomic E-state index is 0.464. The van der Waals surface area contributed by atoms with Gasteiger partial charge in [-0.15, -0.1) is 0 Å². The predicted octanol–water partition coefficient (Wildman–Crippen LogP) is 0.818. The van der Waals surface area contributed by atoms with E-state index >= 15 is 0 Å². The summed E-state index contributed by atoms with van der Waals surface area (Å²) in [5.74, 6) is 0.969. The normalized spacial score (nSPS) is 45.8. The van der Waals surface area contributed by atoms with Gasteiger partial charge in [0, 0.05) is 25.2 Å². The molecule has 0 aromatic carbocycles. The van der Waals surface area contributed by atoms with Crippen LogP contribution in [0.1, 0.15) is 26.2 Å². The largest absolute Gasteiger partial charge is 0.326 e. The number of hydrogen-bond acceptors (Lipinski definition) is 2. The quantitative estimate of drug-likeness (QED) is 0.606. The molecule has 0 amide bonds. The van der Waals surface area contributed by atoms with E-state index in [0.717, 1.165) is 18.5 Å². The Bertz CT molecular complexity index is 140. The van der Waals surface area contributed by atoms with E-state index in [1.165, 1.54) is 25.8 Å². The van der Waals surface area contributed by atoms with Crippen LogP contribution in [0.4, 0.5) is 0 Å². The molecule has 0 bridgehead atoms. The van der Waals surface area contributed by atoms with Crippen LogP contribution in [0.3, 0.4) is 0 Å². The first-order chi connectivity index (χ1) is 5.25. The van der Waals surface area contributed by atoms with Crippen molar-refractivity contribution in [3.05, 3.63) is 0 Å². The van der Waals surface area contributed by atoms with E-state index in [-0.39, 0.29) is 0 Å². The number of hydrogen-bond donors (Lipinski definition) is 1. The summed E-state index contributed by atoms with van der Waals surface area (Å²) in [6, 6.07) is 1.35. The van der Waals surface area contributed by atoms with Crippen molar-refractivity contribution in [1.82, 2.24) is 4.90 Å². The number of likely N-dealkylation sites (tertiary alicyclic amines) is 1. The van der Waals surface area contributed by atoms with Gasteiger partial charge < -0.3 is 5.73 Å². The zero-order valence-corrected chi connectivity index (χ0v) is 7.29. The average Bonchev–Trinajstić information content (AvgIpc) is 2.29. The fourth-order valence-corrected chi connectivity index (χ4v) is 2.31. The van der Waals surface area contributed by atoms with Crippen molar-refractivity contribution in [2.75, 3.05) is 13.1 Å². The molecule has 1 atom stereocenters. The van der Waals surface area contributed by atoms with Crippen molar-refractivity contribution in [2.45, 2.75) is 38.3 Å². The van der Waals surface area contributed by atoms with E-state index in [0.29, 0.717) is 6.04 Å². The summed E-state index contributed by atoms with van der Waals surface area (Å²) in [6.07, 6.45) is 4.03. The SMILES string of the molecule is CC1CC(N2CCC(N)C2)C1. The third-order valence-corrected chi connectivity index (χ3v) is 3.12. The molecule has 0 aromatic rings. The summed E-state index contributed by atoms with van der Waals surface area (Å²) in [5, 5.41) is 0. The molecule has 1 aliphatic carbocycles. The molecule has 2 fully saturated rings. The highest BCUT2D eigenvalue weighted by Gasteiger charge is 2.33. The third-order valence-electron chi connectivity index (χ3n) is 3.12. The van der Waals surface area contributed by atoms with Crippen LogP contribution in [-0.2, 0) is 0 Å². The van der Waals surface area contributed by atoms with E-state index in [9.17, 15) is 0 Å². The van der Waals surface area contributed by atoms with Crippen molar-refractivity contribution in [2.24, 2.45) is 11.7 Å². The maximum atomic E-state index is 5.83. The van der Waals surface area contributed by atoms with Crippen molar-refractivity contribution in [1.29, 1.82) is 0 Å². The van der Waals surface area contributed by atoms with Gasteiger partial charge in [-0.05, 0) is 25.2 Å². The van der Waals surface area contributed by atoms with Gasteiger partial charge in [-0.3, -0.25) is 4.90 Å². The van der Waals surface area contributed by atoms with Gasteiger partial charge in [0.2, 0.25) is 0 Å². The minimum atomic E-state index is 0.464. The van der Waals surface area contributed by atoms with Crippen LogP contribution < -0.4 is 5.73 Å². The van der Waals surface area contributed by atoms with Gasteiger partial charge in [-0.25, -0.2) is 0 Å². The fourth-order valence-electron chi connectivity index (χ4n) is 2.31. The van der Waals surface area contributed by atoms with Crippen LogP contribution in [0.5, 0.6) is 0 Å². The van der Waals surface area contributed by atoms with Crippen LogP contribution in [0.25, 0.3) is 0 Å². The molecule has 1 aliphatic heterocycles. The lowest BCUT2D eigenvalue weighted by molar-refractivity contribution is 0.108. The molecule has 11 heavy (non-hydrogen) atoms. The van der Waals surface area contributed by atoms with Crippen LogP contribution >= 0.6 is 0 Å². The number of nitrogens with zero attached hydrogens (tertiary/aromatic N) is 1. The van der Waals surface area contributed by atoms with Gasteiger partial charge >= 0.3 is 0 Å². The van der Waals surface area contributed by atoms with Gasteiger partial charge in [-0.2, -0.15) is 0 Å². The van der Waals surface area contributed by atoms with E-state index in [1.807, 2.05) is 0 Å². The van der Waals surface area contributed by atoms with Gasteiger partial charge in [0.25, 0.3) is 0 Å². The van der Waals surface area contributed by atoms with Crippen molar-refractivity contribution >= 4 is 0 Å². The molecule has 2 heteroatoms. The van der Waals surface area contributed by atoms with Gasteiger partial charge in [0.05, 0.1) is 0 Å². The predicted molar refractivity (Wildman–Crippen MR) is 46.4 cm³/mol. The molecule has 1 saturated carbocycles. The monoisotopic (exact) mass is 154 g/mol. The standard InChI is InChI=1S/C9H18N2/c1-7-4-9(5-7)11-3-2-8(10)6-11/h7-9H,2-6,10H2,1H3. The Morgan fingerprint density at radius 3 is 2.55 bits per heavy atom.